The Morgan fingerprint density at radius 3 is 2.70 bits per heavy atom. The van der Waals surface area contributed by atoms with Crippen molar-refractivity contribution in [2.45, 2.75) is 6.42 Å². The lowest BCUT2D eigenvalue weighted by atomic mass is 10.4. The van der Waals surface area contributed by atoms with Crippen molar-refractivity contribution in [3.8, 4) is 0 Å². The minimum atomic E-state index is -0.205. The van der Waals surface area contributed by atoms with E-state index in [2.05, 4.69) is 10.1 Å². The molecule has 0 fully saturated rings. The summed E-state index contributed by atoms with van der Waals surface area (Å²) in [6, 6.07) is 0. The standard InChI is InChI=1S/C6H13NO3/c1-9-5-7-4-3-6(8)10-2/h7H,3-5H2,1-2H3. The highest BCUT2D eigenvalue weighted by Gasteiger charge is 1.96. The third-order valence-corrected chi connectivity index (χ3v) is 0.980. The van der Waals surface area contributed by atoms with Crippen molar-refractivity contribution < 1.29 is 14.3 Å². The quantitative estimate of drug-likeness (QED) is 0.331. The number of methoxy groups -OCH3 is 2. The van der Waals surface area contributed by atoms with E-state index in [0.717, 1.165) is 0 Å². The molecule has 0 aliphatic heterocycles. The van der Waals surface area contributed by atoms with Crippen LogP contribution in [0.15, 0.2) is 0 Å². The maximum absolute atomic E-state index is 10.5. The van der Waals surface area contributed by atoms with Crippen LogP contribution in [0.5, 0.6) is 0 Å². The minimum absolute atomic E-state index is 0.205. The number of hydrogen-bond donors (Lipinski definition) is 1. The van der Waals surface area contributed by atoms with Gasteiger partial charge >= 0.3 is 5.97 Å². The lowest BCUT2D eigenvalue weighted by Crippen LogP contribution is -2.20. The van der Waals surface area contributed by atoms with Crippen LogP contribution in [0.25, 0.3) is 0 Å². The molecule has 0 spiro atoms. The van der Waals surface area contributed by atoms with Gasteiger partial charge in [0.2, 0.25) is 0 Å². The minimum Gasteiger partial charge on any atom is -0.469 e. The number of carbonyl (C=O) groups is 1. The normalized spacial score (nSPS) is 9.40. The van der Waals surface area contributed by atoms with Crippen molar-refractivity contribution in [2.75, 3.05) is 27.5 Å². The Bertz CT molecular complexity index is 95.0. The molecule has 0 bridgehead atoms. The molecule has 0 atom stereocenters. The van der Waals surface area contributed by atoms with Crippen LogP contribution >= 0.6 is 0 Å². The predicted octanol–water partition coefficient (Wildman–Crippen LogP) is -0.257. The maximum Gasteiger partial charge on any atom is 0.306 e. The van der Waals surface area contributed by atoms with Crippen molar-refractivity contribution in [1.82, 2.24) is 5.32 Å². The molecular formula is C6H13NO3. The largest absolute Gasteiger partial charge is 0.469 e. The molecule has 0 amide bonds. The first kappa shape index (κ1) is 9.39. The smallest absolute Gasteiger partial charge is 0.306 e. The predicted molar refractivity (Wildman–Crippen MR) is 36.5 cm³/mol. The highest BCUT2D eigenvalue weighted by molar-refractivity contribution is 5.69. The summed E-state index contributed by atoms with van der Waals surface area (Å²) in [4.78, 5) is 10.5. The van der Waals surface area contributed by atoms with Crippen LogP contribution in [0, 0.1) is 0 Å². The molecule has 0 unspecified atom stereocenters. The molecule has 0 aromatic rings. The molecule has 4 nitrogen and oxygen atoms in total. The maximum atomic E-state index is 10.5. The van der Waals surface area contributed by atoms with Gasteiger partial charge in [-0.3, -0.25) is 10.1 Å². The zero-order chi connectivity index (χ0) is 7.82. The Balaban J connectivity index is 2.96. The monoisotopic (exact) mass is 147 g/mol. The molecule has 4 heteroatoms. The van der Waals surface area contributed by atoms with Crippen LogP contribution in [0.2, 0.25) is 0 Å². The van der Waals surface area contributed by atoms with E-state index in [1.807, 2.05) is 0 Å². The van der Waals surface area contributed by atoms with Gasteiger partial charge in [0.25, 0.3) is 0 Å². The Hall–Kier alpha value is -0.610. The number of esters is 1. The van der Waals surface area contributed by atoms with E-state index in [4.69, 9.17) is 4.74 Å². The summed E-state index contributed by atoms with van der Waals surface area (Å²) in [5.41, 5.74) is 0. The zero-order valence-electron chi connectivity index (χ0n) is 6.35. The highest BCUT2D eigenvalue weighted by atomic mass is 16.5. The van der Waals surface area contributed by atoms with Gasteiger partial charge in [0.1, 0.15) is 0 Å². The van der Waals surface area contributed by atoms with E-state index in [0.29, 0.717) is 19.7 Å². The first-order chi connectivity index (χ1) is 4.81. The second-order valence-electron chi connectivity index (χ2n) is 1.76. The summed E-state index contributed by atoms with van der Waals surface area (Å²) in [5.74, 6) is -0.205. The second kappa shape index (κ2) is 6.51. The molecule has 0 heterocycles. The first-order valence-electron chi connectivity index (χ1n) is 3.07. The summed E-state index contributed by atoms with van der Waals surface area (Å²) < 4.78 is 9.10. The Labute approximate surface area is 60.5 Å². The van der Waals surface area contributed by atoms with Gasteiger partial charge < -0.3 is 9.47 Å². The van der Waals surface area contributed by atoms with Crippen LogP contribution in [0.1, 0.15) is 6.42 Å². The number of carbonyl (C=O) groups excluding carboxylic acids is 1. The zero-order valence-corrected chi connectivity index (χ0v) is 6.35. The third-order valence-electron chi connectivity index (χ3n) is 0.980. The van der Waals surface area contributed by atoms with Crippen LogP contribution in [-0.2, 0) is 14.3 Å². The fourth-order valence-electron chi connectivity index (χ4n) is 0.467. The molecule has 0 radical (unpaired) electrons. The topological polar surface area (TPSA) is 47.6 Å². The molecule has 0 aliphatic rings. The van der Waals surface area contributed by atoms with Gasteiger partial charge in [-0.05, 0) is 0 Å². The van der Waals surface area contributed by atoms with E-state index in [1.54, 1.807) is 7.11 Å². The van der Waals surface area contributed by atoms with Gasteiger partial charge in [-0.1, -0.05) is 0 Å². The molecule has 0 aromatic carbocycles. The molecule has 0 aromatic heterocycles. The van der Waals surface area contributed by atoms with E-state index in [-0.39, 0.29) is 5.97 Å². The Morgan fingerprint density at radius 1 is 1.50 bits per heavy atom. The van der Waals surface area contributed by atoms with Gasteiger partial charge in [-0.2, -0.15) is 0 Å². The van der Waals surface area contributed by atoms with E-state index in [1.165, 1.54) is 7.11 Å². The van der Waals surface area contributed by atoms with Gasteiger partial charge in [-0.25, -0.2) is 0 Å². The Kier molecular flexibility index (Phi) is 6.11. The van der Waals surface area contributed by atoms with Gasteiger partial charge in [0.05, 0.1) is 20.3 Å². The van der Waals surface area contributed by atoms with Crippen LogP contribution in [-0.4, -0.2) is 33.5 Å². The van der Waals surface area contributed by atoms with Gasteiger partial charge in [0, 0.05) is 13.7 Å². The lowest BCUT2D eigenvalue weighted by molar-refractivity contribution is -0.140. The molecule has 60 valence electrons. The molecule has 0 saturated carbocycles. The van der Waals surface area contributed by atoms with Crippen LogP contribution in [0.4, 0.5) is 0 Å². The van der Waals surface area contributed by atoms with E-state index < -0.39 is 0 Å². The lowest BCUT2D eigenvalue weighted by Gasteiger charge is -2.00. The molecular weight excluding hydrogens is 134 g/mol. The fourth-order valence-corrected chi connectivity index (χ4v) is 0.467. The average Bonchev–Trinajstić information content (AvgIpc) is 1.98. The highest BCUT2D eigenvalue weighted by Crippen LogP contribution is 1.79. The van der Waals surface area contributed by atoms with Crippen molar-refractivity contribution in [3.05, 3.63) is 0 Å². The SMILES string of the molecule is COCNCCC(=O)OC. The number of hydrogen-bond acceptors (Lipinski definition) is 4. The molecule has 0 rings (SSSR count). The molecule has 1 N–H and O–H groups in total. The van der Waals surface area contributed by atoms with Gasteiger partial charge in [-0.15, -0.1) is 0 Å². The molecule has 0 aliphatic carbocycles. The van der Waals surface area contributed by atoms with Crippen molar-refractivity contribution in [1.29, 1.82) is 0 Å². The third kappa shape index (κ3) is 5.53. The van der Waals surface area contributed by atoms with Crippen molar-refractivity contribution >= 4 is 5.97 Å². The Morgan fingerprint density at radius 2 is 2.20 bits per heavy atom. The van der Waals surface area contributed by atoms with E-state index >= 15 is 0 Å². The number of ether oxygens (including phenoxy) is 2. The average molecular weight is 147 g/mol. The van der Waals surface area contributed by atoms with E-state index in [9.17, 15) is 4.79 Å². The second-order valence-corrected chi connectivity index (χ2v) is 1.76. The number of rotatable bonds is 5. The molecule has 0 saturated heterocycles. The summed E-state index contributed by atoms with van der Waals surface area (Å²) >= 11 is 0. The summed E-state index contributed by atoms with van der Waals surface area (Å²) in [6.07, 6.45) is 0.389. The van der Waals surface area contributed by atoms with Crippen LogP contribution in [0.3, 0.4) is 0 Å². The van der Waals surface area contributed by atoms with Crippen molar-refractivity contribution in [3.63, 3.8) is 0 Å². The first-order valence-corrected chi connectivity index (χ1v) is 3.07. The number of nitrogens with one attached hydrogen (secondary N) is 1. The summed E-state index contributed by atoms with van der Waals surface area (Å²) in [7, 11) is 2.96. The van der Waals surface area contributed by atoms with Gasteiger partial charge in [0.15, 0.2) is 0 Å². The summed E-state index contributed by atoms with van der Waals surface area (Å²) in [6.45, 7) is 1.07. The fraction of sp³-hybridized carbons (Fsp3) is 0.833. The summed E-state index contributed by atoms with van der Waals surface area (Å²) in [5, 5.41) is 2.88. The molecule has 10 heavy (non-hydrogen) atoms. The van der Waals surface area contributed by atoms with Crippen LogP contribution < -0.4 is 5.32 Å². The van der Waals surface area contributed by atoms with Crippen molar-refractivity contribution in [2.24, 2.45) is 0 Å².